The molecule has 23 heavy (non-hydrogen) atoms. The number of hydrogen-bond donors (Lipinski definition) is 3. The molecule has 1 unspecified atom stereocenters. The normalized spacial score (nSPS) is 11.8. The van der Waals surface area contributed by atoms with Crippen molar-refractivity contribution in [3.8, 4) is 0 Å². The lowest BCUT2D eigenvalue weighted by Crippen LogP contribution is -2.37. The number of aryl methyl sites for hydroxylation is 1. The van der Waals surface area contributed by atoms with E-state index in [0.29, 0.717) is 11.3 Å². The molecule has 1 atom stereocenters. The number of aliphatic hydroxyl groups is 1. The lowest BCUT2D eigenvalue weighted by atomic mass is 10.1. The second-order valence-electron chi connectivity index (χ2n) is 4.78. The van der Waals surface area contributed by atoms with E-state index in [1.165, 1.54) is 6.07 Å². The summed E-state index contributed by atoms with van der Waals surface area (Å²) in [6, 6.07) is 8.81. The highest BCUT2D eigenvalue weighted by molar-refractivity contribution is 7.98. The Kier molecular flexibility index (Phi) is 5.78. The number of carbonyl (C=O) groups excluding carboxylic acids is 2. The molecule has 0 spiro atoms. The van der Waals surface area contributed by atoms with Crippen LogP contribution in [0.4, 0.5) is 5.82 Å². The van der Waals surface area contributed by atoms with Gasteiger partial charge in [-0.05, 0) is 30.9 Å². The van der Waals surface area contributed by atoms with Crippen LogP contribution in [0.15, 0.2) is 39.8 Å². The van der Waals surface area contributed by atoms with E-state index < -0.39 is 17.9 Å². The van der Waals surface area contributed by atoms with Crippen LogP contribution in [-0.4, -0.2) is 34.9 Å². The van der Waals surface area contributed by atoms with Crippen molar-refractivity contribution in [2.24, 2.45) is 0 Å². The third kappa shape index (κ3) is 4.83. The molecule has 0 aliphatic rings. The van der Waals surface area contributed by atoms with Crippen molar-refractivity contribution in [1.82, 2.24) is 10.5 Å². The smallest absolute Gasteiger partial charge is 0.314 e. The molecule has 1 aromatic carbocycles. The van der Waals surface area contributed by atoms with Gasteiger partial charge in [-0.25, -0.2) is 0 Å². The summed E-state index contributed by atoms with van der Waals surface area (Å²) in [6.45, 7) is 1.60. The van der Waals surface area contributed by atoms with Crippen LogP contribution in [0.2, 0.25) is 0 Å². The number of benzene rings is 1. The van der Waals surface area contributed by atoms with Gasteiger partial charge in [-0.3, -0.25) is 14.9 Å². The Morgan fingerprint density at radius 1 is 1.30 bits per heavy atom. The maximum atomic E-state index is 11.7. The molecule has 8 heteroatoms. The van der Waals surface area contributed by atoms with Crippen molar-refractivity contribution in [2.45, 2.75) is 17.9 Å². The summed E-state index contributed by atoms with van der Waals surface area (Å²) in [6.07, 6.45) is 1.07. The fraction of sp³-hybridized carbons (Fsp3) is 0.267. The lowest BCUT2D eigenvalue weighted by Gasteiger charge is -2.12. The van der Waals surface area contributed by atoms with E-state index in [9.17, 15) is 14.7 Å². The zero-order chi connectivity index (χ0) is 16.8. The molecule has 0 aliphatic carbocycles. The molecule has 2 amide bonds. The zero-order valence-electron chi connectivity index (χ0n) is 12.7. The largest absolute Gasteiger partial charge is 0.387 e. The van der Waals surface area contributed by atoms with Gasteiger partial charge >= 0.3 is 11.8 Å². The number of nitrogens with zero attached hydrogens (tertiary/aromatic N) is 1. The molecule has 0 aliphatic heterocycles. The predicted octanol–water partition coefficient (Wildman–Crippen LogP) is 1.49. The van der Waals surface area contributed by atoms with Crippen LogP contribution in [-0.2, 0) is 9.59 Å². The third-order valence-electron chi connectivity index (χ3n) is 3.03. The molecule has 122 valence electrons. The van der Waals surface area contributed by atoms with Crippen LogP contribution in [0.1, 0.15) is 17.4 Å². The van der Waals surface area contributed by atoms with Gasteiger partial charge in [0, 0.05) is 17.5 Å². The summed E-state index contributed by atoms with van der Waals surface area (Å²) < 4.78 is 4.78. The molecule has 0 fully saturated rings. The summed E-state index contributed by atoms with van der Waals surface area (Å²) in [7, 11) is 0. The Morgan fingerprint density at radius 3 is 2.57 bits per heavy atom. The van der Waals surface area contributed by atoms with Gasteiger partial charge in [0.2, 0.25) is 0 Å². The number of nitrogens with one attached hydrogen (secondary N) is 2. The Morgan fingerprint density at radius 2 is 2.00 bits per heavy atom. The number of aliphatic hydroxyl groups excluding tert-OH is 1. The van der Waals surface area contributed by atoms with E-state index in [-0.39, 0.29) is 12.4 Å². The summed E-state index contributed by atoms with van der Waals surface area (Å²) in [4.78, 5) is 24.4. The maximum Gasteiger partial charge on any atom is 0.314 e. The van der Waals surface area contributed by atoms with Gasteiger partial charge in [-0.15, -0.1) is 11.8 Å². The van der Waals surface area contributed by atoms with Crippen molar-refractivity contribution in [2.75, 3.05) is 18.1 Å². The number of aromatic nitrogens is 1. The molecular formula is C15H17N3O4S. The highest BCUT2D eigenvalue weighted by Crippen LogP contribution is 2.18. The number of thioether (sulfide) groups is 1. The van der Waals surface area contributed by atoms with E-state index in [1.54, 1.807) is 30.8 Å². The zero-order valence-corrected chi connectivity index (χ0v) is 13.5. The minimum absolute atomic E-state index is 0.0668. The summed E-state index contributed by atoms with van der Waals surface area (Å²) in [5, 5.41) is 18.3. The monoisotopic (exact) mass is 335 g/mol. The minimum atomic E-state index is -0.892. The van der Waals surface area contributed by atoms with Crippen LogP contribution < -0.4 is 10.6 Å². The first-order valence-electron chi connectivity index (χ1n) is 6.84. The van der Waals surface area contributed by atoms with Crippen LogP contribution in [0.5, 0.6) is 0 Å². The van der Waals surface area contributed by atoms with E-state index in [0.717, 1.165) is 4.90 Å². The second kappa shape index (κ2) is 7.80. The van der Waals surface area contributed by atoms with E-state index in [1.807, 2.05) is 18.4 Å². The maximum absolute atomic E-state index is 11.7. The first-order valence-corrected chi connectivity index (χ1v) is 8.06. The molecule has 0 saturated carbocycles. The SMILES string of the molecule is CSc1ccc(C(O)CNC(=O)C(=O)Nc2cc(C)on2)cc1. The van der Waals surface area contributed by atoms with E-state index >= 15 is 0 Å². The average molecular weight is 335 g/mol. The van der Waals surface area contributed by atoms with Crippen molar-refractivity contribution >= 4 is 29.4 Å². The second-order valence-corrected chi connectivity index (χ2v) is 5.66. The highest BCUT2D eigenvalue weighted by Gasteiger charge is 2.17. The van der Waals surface area contributed by atoms with Crippen molar-refractivity contribution < 1.29 is 19.2 Å². The minimum Gasteiger partial charge on any atom is -0.387 e. The van der Waals surface area contributed by atoms with Gasteiger partial charge in [0.1, 0.15) is 5.76 Å². The lowest BCUT2D eigenvalue weighted by molar-refractivity contribution is -0.136. The van der Waals surface area contributed by atoms with Crippen molar-refractivity contribution in [3.63, 3.8) is 0 Å². The van der Waals surface area contributed by atoms with Crippen LogP contribution in [0.3, 0.4) is 0 Å². The average Bonchev–Trinajstić information content (AvgIpc) is 2.97. The van der Waals surface area contributed by atoms with E-state index in [2.05, 4.69) is 15.8 Å². The van der Waals surface area contributed by atoms with Crippen molar-refractivity contribution in [3.05, 3.63) is 41.7 Å². The third-order valence-corrected chi connectivity index (χ3v) is 3.78. The number of amides is 2. The fourth-order valence-corrected chi connectivity index (χ4v) is 2.22. The van der Waals surface area contributed by atoms with E-state index in [4.69, 9.17) is 4.52 Å². The van der Waals surface area contributed by atoms with Crippen LogP contribution in [0.25, 0.3) is 0 Å². The fourth-order valence-electron chi connectivity index (χ4n) is 1.81. The molecule has 3 N–H and O–H groups in total. The Bertz CT molecular complexity index is 684. The molecule has 2 aromatic rings. The quantitative estimate of drug-likeness (QED) is 0.565. The summed E-state index contributed by atoms with van der Waals surface area (Å²) >= 11 is 1.60. The van der Waals surface area contributed by atoms with Gasteiger partial charge in [0.15, 0.2) is 5.82 Å². The van der Waals surface area contributed by atoms with Gasteiger partial charge in [-0.2, -0.15) is 0 Å². The molecule has 1 aromatic heterocycles. The summed E-state index contributed by atoms with van der Waals surface area (Å²) in [5.41, 5.74) is 0.663. The molecule has 2 rings (SSSR count). The molecule has 0 saturated heterocycles. The number of rotatable bonds is 5. The van der Waals surface area contributed by atoms with Crippen molar-refractivity contribution in [1.29, 1.82) is 0 Å². The highest BCUT2D eigenvalue weighted by atomic mass is 32.2. The first kappa shape index (κ1) is 17.0. The molecular weight excluding hydrogens is 318 g/mol. The van der Waals surface area contributed by atoms with Gasteiger partial charge < -0.3 is 14.9 Å². The number of hydrogen-bond acceptors (Lipinski definition) is 6. The topological polar surface area (TPSA) is 104 Å². The molecule has 1 heterocycles. The predicted molar refractivity (Wildman–Crippen MR) is 86.1 cm³/mol. The van der Waals surface area contributed by atoms with Crippen LogP contribution in [0, 0.1) is 6.92 Å². The Labute approximate surface area is 137 Å². The molecule has 0 bridgehead atoms. The number of carbonyl (C=O) groups is 2. The Balaban J connectivity index is 1.83. The molecule has 0 radical (unpaired) electrons. The van der Waals surface area contributed by atoms with Gasteiger partial charge in [0.05, 0.1) is 6.10 Å². The van der Waals surface area contributed by atoms with Gasteiger partial charge in [-0.1, -0.05) is 17.3 Å². The van der Waals surface area contributed by atoms with Crippen LogP contribution >= 0.6 is 11.8 Å². The number of anilines is 1. The standard InChI is InChI=1S/C15H17N3O4S/c1-9-7-13(18-22-9)17-15(21)14(20)16-8-12(19)10-3-5-11(23-2)6-4-10/h3-7,12,19H,8H2,1-2H3,(H,16,20)(H,17,18,21). The summed E-state index contributed by atoms with van der Waals surface area (Å²) in [5.74, 6) is -1.05. The van der Waals surface area contributed by atoms with Gasteiger partial charge in [0.25, 0.3) is 0 Å². The Hall–Kier alpha value is -2.32. The molecule has 7 nitrogen and oxygen atoms in total. The first-order chi connectivity index (χ1) is 11.0.